The van der Waals surface area contributed by atoms with E-state index < -0.39 is 0 Å². The number of fused-ring (bicyclic) bond motifs is 1. The van der Waals surface area contributed by atoms with Crippen LogP contribution in [0.2, 0.25) is 5.02 Å². The Kier molecular flexibility index (Phi) is 4.57. The SMILES string of the molecule is CN(CCc1ccccc1)C1CCCc2ncc(Cl)cc21. The number of benzene rings is 1. The summed E-state index contributed by atoms with van der Waals surface area (Å²) in [6.45, 7) is 1.06. The van der Waals surface area contributed by atoms with Crippen molar-refractivity contribution in [3.05, 3.63) is 64.4 Å². The van der Waals surface area contributed by atoms with Gasteiger partial charge in [0.15, 0.2) is 0 Å². The van der Waals surface area contributed by atoms with Crippen LogP contribution in [0.5, 0.6) is 0 Å². The number of pyridine rings is 1. The van der Waals surface area contributed by atoms with E-state index in [1.165, 1.54) is 29.7 Å². The van der Waals surface area contributed by atoms with E-state index >= 15 is 0 Å². The highest BCUT2D eigenvalue weighted by Gasteiger charge is 2.24. The zero-order chi connectivity index (χ0) is 14.7. The minimum Gasteiger partial charge on any atom is -0.299 e. The van der Waals surface area contributed by atoms with Gasteiger partial charge in [-0.15, -0.1) is 0 Å². The second-order valence-corrected chi connectivity index (χ2v) is 6.25. The van der Waals surface area contributed by atoms with E-state index in [1.54, 1.807) is 6.20 Å². The fraction of sp³-hybridized carbons (Fsp3) is 0.389. The second kappa shape index (κ2) is 6.59. The van der Waals surface area contributed by atoms with Crippen molar-refractivity contribution in [1.82, 2.24) is 9.88 Å². The monoisotopic (exact) mass is 300 g/mol. The van der Waals surface area contributed by atoms with Gasteiger partial charge in [-0.1, -0.05) is 41.9 Å². The van der Waals surface area contributed by atoms with Gasteiger partial charge in [-0.3, -0.25) is 9.88 Å². The molecule has 3 heteroatoms. The summed E-state index contributed by atoms with van der Waals surface area (Å²) in [6.07, 6.45) is 6.34. The van der Waals surface area contributed by atoms with Crippen LogP contribution in [0.1, 0.15) is 35.7 Å². The topological polar surface area (TPSA) is 16.1 Å². The van der Waals surface area contributed by atoms with E-state index in [2.05, 4.69) is 53.3 Å². The van der Waals surface area contributed by atoms with Gasteiger partial charge in [-0.25, -0.2) is 0 Å². The molecule has 1 aromatic carbocycles. The van der Waals surface area contributed by atoms with E-state index in [-0.39, 0.29) is 0 Å². The first-order valence-electron chi connectivity index (χ1n) is 7.62. The van der Waals surface area contributed by atoms with Gasteiger partial charge in [-0.2, -0.15) is 0 Å². The molecule has 1 aliphatic rings. The normalized spacial score (nSPS) is 17.8. The lowest BCUT2D eigenvalue weighted by molar-refractivity contribution is 0.222. The summed E-state index contributed by atoms with van der Waals surface area (Å²) in [4.78, 5) is 6.96. The third-order valence-corrected chi connectivity index (χ3v) is 4.56. The van der Waals surface area contributed by atoms with Crippen LogP contribution in [0.4, 0.5) is 0 Å². The van der Waals surface area contributed by atoms with E-state index in [0.29, 0.717) is 6.04 Å². The van der Waals surface area contributed by atoms with Crippen LogP contribution in [-0.2, 0) is 12.8 Å². The third kappa shape index (κ3) is 3.45. The zero-order valence-electron chi connectivity index (χ0n) is 12.4. The van der Waals surface area contributed by atoms with Crippen LogP contribution < -0.4 is 0 Å². The summed E-state index contributed by atoms with van der Waals surface area (Å²) in [7, 11) is 2.21. The van der Waals surface area contributed by atoms with Crippen molar-refractivity contribution in [2.24, 2.45) is 0 Å². The number of hydrogen-bond acceptors (Lipinski definition) is 2. The molecule has 110 valence electrons. The first-order valence-corrected chi connectivity index (χ1v) is 8.00. The van der Waals surface area contributed by atoms with Crippen molar-refractivity contribution in [3.63, 3.8) is 0 Å². The molecule has 2 nitrogen and oxygen atoms in total. The highest BCUT2D eigenvalue weighted by molar-refractivity contribution is 6.30. The Morgan fingerprint density at radius 2 is 2.10 bits per heavy atom. The average Bonchev–Trinajstić information content (AvgIpc) is 2.53. The number of aromatic nitrogens is 1. The number of nitrogens with zero attached hydrogens (tertiary/aromatic N) is 2. The van der Waals surface area contributed by atoms with Gasteiger partial charge < -0.3 is 0 Å². The lowest BCUT2D eigenvalue weighted by atomic mass is 9.90. The van der Waals surface area contributed by atoms with Crippen molar-refractivity contribution in [3.8, 4) is 0 Å². The van der Waals surface area contributed by atoms with Gasteiger partial charge >= 0.3 is 0 Å². The standard InChI is InChI=1S/C18H21ClN2/c1-21(11-10-14-6-3-2-4-7-14)18-9-5-8-17-16(18)12-15(19)13-20-17/h2-4,6-7,12-13,18H,5,8-11H2,1H3. The maximum absolute atomic E-state index is 6.14. The molecule has 0 spiro atoms. The lowest BCUT2D eigenvalue weighted by Gasteiger charge is -2.32. The molecule has 0 N–H and O–H groups in total. The van der Waals surface area contributed by atoms with Crippen molar-refractivity contribution < 1.29 is 0 Å². The van der Waals surface area contributed by atoms with E-state index in [1.807, 2.05) is 0 Å². The van der Waals surface area contributed by atoms with Gasteiger partial charge in [0, 0.05) is 24.5 Å². The maximum atomic E-state index is 6.14. The summed E-state index contributed by atoms with van der Waals surface area (Å²) in [5.41, 5.74) is 3.94. The van der Waals surface area contributed by atoms with E-state index in [4.69, 9.17) is 11.6 Å². The second-order valence-electron chi connectivity index (χ2n) is 5.81. The molecule has 21 heavy (non-hydrogen) atoms. The van der Waals surface area contributed by atoms with Crippen molar-refractivity contribution in [1.29, 1.82) is 0 Å². The predicted octanol–water partition coefficient (Wildman–Crippen LogP) is 4.29. The molecule has 3 rings (SSSR count). The van der Waals surface area contributed by atoms with E-state index in [0.717, 1.165) is 24.4 Å². The molecule has 0 saturated carbocycles. The first kappa shape index (κ1) is 14.6. The van der Waals surface area contributed by atoms with Gasteiger partial charge in [0.25, 0.3) is 0 Å². The van der Waals surface area contributed by atoms with Crippen LogP contribution in [0.3, 0.4) is 0 Å². The number of rotatable bonds is 4. The predicted molar refractivity (Wildman–Crippen MR) is 87.7 cm³/mol. The molecule has 0 amide bonds. The fourth-order valence-electron chi connectivity index (χ4n) is 3.16. The van der Waals surface area contributed by atoms with Crippen LogP contribution >= 0.6 is 11.6 Å². The van der Waals surface area contributed by atoms with Crippen LogP contribution in [0.25, 0.3) is 0 Å². The van der Waals surface area contributed by atoms with Crippen LogP contribution in [0.15, 0.2) is 42.6 Å². The van der Waals surface area contributed by atoms with Crippen LogP contribution in [0, 0.1) is 0 Å². The Labute approximate surface area is 131 Å². The molecule has 0 aliphatic heterocycles. The Balaban J connectivity index is 1.71. The maximum Gasteiger partial charge on any atom is 0.0592 e. The molecule has 2 aromatic rings. The zero-order valence-corrected chi connectivity index (χ0v) is 13.2. The van der Waals surface area contributed by atoms with Gasteiger partial charge in [0.05, 0.1) is 5.02 Å². The Bertz CT molecular complexity index is 597. The number of hydrogen-bond donors (Lipinski definition) is 0. The van der Waals surface area contributed by atoms with Crippen molar-refractivity contribution >= 4 is 11.6 Å². The quantitative estimate of drug-likeness (QED) is 0.837. The lowest BCUT2D eigenvalue weighted by Crippen LogP contribution is -2.30. The van der Waals surface area contributed by atoms with Gasteiger partial charge in [-0.05, 0) is 49.9 Å². The Morgan fingerprint density at radius 1 is 1.29 bits per heavy atom. The molecule has 1 unspecified atom stereocenters. The summed E-state index contributed by atoms with van der Waals surface area (Å²) in [5.74, 6) is 0. The molecular formula is C18H21ClN2. The van der Waals surface area contributed by atoms with E-state index in [9.17, 15) is 0 Å². The molecule has 0 saturated heterocycles. The highest BCUT2D eigenvalue weighted by Crippen LogP contribution is 2.33. The van der Waals surface area contributed by atoms with Crippen LogP contribution in [-0.4, -0.2) is 23.5 Å². The molecular weight excluding hydrogens is 280 g/mol. The highest BCUT2D eigenvalue weighted by atomic mass is 35.5. The largest absolute Gasteiger partial charge is 0.299 e. The number of aryl methyl sites for hydroxylation is 1. The fourth-order valence-corrected chi connectivity index (χ4v) is 3.33. The average molecular weight is 301 g/mol. The minimum atomic E-state index is 0.448. The molecule has 1 heterocycles. The summed E-state index contributed by atoms with van der Waals surface area (Å²) >= 11 is 6.14. The molecule has 0 bridgehead atoms. The van der Waals surface area contributed by atoms with Crippen molar-refractivity contribution in [2.75, 3.05) is 13.6 Å². The molecule has 1 atom stereocenters. The minimum absolute atomic E-state index is 0.448. The number of likely N-dealkylation sites (N-methyl/N-ethyl adjacent to an activating group) is 1. The number of halogens is 1. The smallest absolute Gasteiger partial charge is 0.0592 e. The van der Waals surface area contributed by atoms with Gasteiger partial charge in [0.1, 0.15) is 0 Å². The third-order valence-electron chi connectivity index (χ3n) is 4.35. The van der Waals surface area contributed by atoms with Crippen molar-refractivity contribution in [2.45, 2.75) is 31.7 Å². The molecule has 1 aromatic heterocycles. The molecule has 1 aliphatic carbocycles. The Morgan fingerprint density at radius 3 is 2.90 bits per heavy atom. The Hall–Kier alpha value is -1.38. The molecule has 0 radical (unpaired) electrons. The van der Waals surface area contributed by atoms with Gasteiger partial charge in [0.2, 0.25) is 0 Å². The summed E-state index contributed by atoms with van der Waals surface area (Å²) in [6, 6.07) is 13.2. The molecule has 0 fully saturated rings. The summed E-state index contributed by atoms with van der Waals surface area (Å²) < 4.78 is 0. The summed E-state index contributed by atoms with van der Waals surface area (Å²) in [5, 5.41) is 0.747. The first-order chi connectivity index (χ1) is 10.2.